The van der Waals surface area contributed by atoms with Crippen molar-refractivity contribution in [3.8, 4) is 0 Å². The van der Waals surface area contributed by atoms with E-state index in [0.717, 1.165) is 18.4 Å². The molecule has 128 valence electrons. The van der Waals surface area contributed by atoms with Crippen molar-refractivity contribution in [2.24, 2.45) is 0 Å². The Morgan fingerprint density at radius 2 is 2.09 bits per heavy atom. The first kappa shape index (κ1) is 17.8. The van der Waals surface area contributed by atoms with E-state index >= 15 is 0 Å². The van der Waals surface area contributed by atoms with E-state index in [1.165, 1.54) is 19.3 Å². The Morgan fingerprint density at radius 3 is 2.78 bits per heavy atom. The van der Waals surface area contributed by atoms with Crippen molar-refractivity contribution in [1.29, 1.82) is 0 Å². The van der Waals surface area contributed by atoms with Gasteiger partial charge in [-0.2, -0.15) is 11.3 Å². The third kappa shape index (κ3) is 6.60. The molecule has 0 bridgehead atoms. The van der Waals surface area contributed by atoms with Crippen LogP contribution >= 0.6 is 11.3 Å². The molecule has 1 heterocycles. The average Bonchev–Trinajstić information content (AvgIpc) is 3.05. The van der Waals surface area contributed by atoms with E-state index in [1.807, 2.05) is 18.5 Å². The molecule has 23 heavy (non-hydrogen) atoms. The van der Waals surface area contributed by atoms with Crippen LogP contribution in [0.4, 0.5) is 4.79 Å². The number of carbonyl (C=O) groups is 2. The van der Waals surface area contributed by atoms with Crippen molar-refractivity contribution >= 4 is 23.3 Å². The Hall–Kier alpha value is -1.56. The number of hydrogen-bond donors (Lipinski definition) is 2. The molecule has 1 aromatic rings. The highest BCUT2D eigenvalue weighted by Crippen LogP contribution is 2.17. The third-order valence-corrected chi connectivity index (χ3v) is 4.95. The minimum Gasteiger partial charge on any atom is -0.341 e. The smallest absolute Gasteiger partial charge is 0.315 e. The van der Waals surface area contributed by atoms with Crippen LogP contribution < -0.4 is 10.6 Å². The summed E-state index contributed by atoms with van der Waals surface area (Å²) >= 11 is 1.64. The summed E-state index contributed by atoms with van der Waals surface area (Å²) in [7, 11) is 1.82. The predicted molar refractivity (Wildman–Crippen MR) is 93.4 cm³/mol. The first-order chi connectivity index (χ1) is 11.1. The molecule has 2 rings (SSSR count). The molecule has 0 spiro atoms. The van der Waals surface area contributed by atoms with Gasteiger partial charge in [-0.05, 0) is 41.7 Å². The molecular weight excluding hydrogens is 310 g/mol. The van der Waals surface area contributed by atoms with Crippen LogP contribution in [0.3, 0.4) is 0 Å². The van der Waals surface area contributed by atoms with Crippen LogP contribution in [-0.4, -0.2) is 36.5 Å². The van der Waals surface area contributed by atoms with Gasteiger partial charge in [-0.3, -0.25) is 4.79 Å². The van der Waals surface area contributed by atoms with E-state index in [9.17, 15) is 9.59 Å². The maximum absolute atomic E-state index is 12.0. The molecule has 1 fully saturated rings. The summed E-state index contributed by atoms with van der Waals surface area (Å²) in [5.74, 6) is 0.116. The number of carbonyl (C=O) groups excluding carboxylic acids is 2. The van der Waals surface area contributed by atoms with Crippen molar-refractivity contribution < 1.29 is 9.59 Å². The van der Waals surface area contributed by atoms with E-state index in [2.05, 4.69) is 16.0 Å². The zero-order valence-electron chi connectivity index (χ0n) is 13.8. The van der Waals surface area contributed by atoms with Gasteiger partial charge in [-0.25, -0.2) is 4.79 Å². The number of thiophene rings is 1. The lowest BCUT2D eigenvalue weighted by Gasteiger charge is -2.22. The fourth-order valence-electron chi connectivity index (χ4n) is 2.86. The normalized spacial score (nSPS) is 15.2. The van der Waals surface area contributed by atoms with Gasteiger partial charge < -0.3 is 15.5 Å². The molecule has 1 saturated carbocycles. The van der Waals surface area contributed by atoms with Crippen molar-refractivity contribution in [2.75, 3.05) is 13.6 Å². The summed E-state index contributed by atoms with van der Waals surface area (Å²) in [5.41, 5.74) is 1.16. The molecule has 0 unspecified atom stereocenters. The monoisotopic (exact) mass is 337 g/mol. The van der Waals surface area contributed by atoms with E-state index in [4.69, 9.17) is 0 Å². The molecule has 0 aromatic carbocycles. The molecular formula is C17H27N3O2S. The highest BCUT2D eigenvalue weighted by molar-refractivity contribution is 7.07. The van der Waals surface area contributed by atoms with Crippen molar-refractivity contribution in [2.45, 2.75) is 57.5 Å². The molecule has 3 amide bonds. The van der Waals surface area contributed by atoms with Gasteiger partial charge in [0.05, 0.1) is 0 Å². The van der Waals surface area contributed by atoms with Crippen LogP contribution in [-0.2, 0) is 11.3 Å². The van der Waals surface area contributed by atoms with Gasteiger partial charge in [0.25, 0.3) is 0 Å². The van der Waals surface area contributed by atoms with E-state index in [1.54, 1.807) is 16.2 Å². The fraction of sp³-hybridized carbons (Fsp3) is 0.647. The Morgan fingerprint density at radius 1 is 1.30 bits per heavy atom. The van der Waals surface area contributed by atoms with E-state index < -0.39 is 0 Å². The van der Waals surface area contributed by atoms with Crippen LogP contribution in [0, 0.1) is 0 Å². The zero-order chi connectivity index (χ0) is 16.5. The Kier molecular flexibility index (Phi) is 7.39. The van der Waals surface area contributed by atoms with Crippen molar-refractivity contribution in [1.82, 2.24) is 15.5 Å². The van der Waals surface area contributed by atoms with Gasteiger partial charge in [-0.1, -0.05) is 19.3 Å². The summed E-state index contributed by atoms with van der Waals surface area (Å²) in [5, 5.41) is 9.94. The first-order valence-electron chi connectivity index (χ1n) is 8.44. The Labute approximate surface area is 142 Å². The highest BCUT2D eigenvalue weighted by Gasteiger charge is 2.15. The summed E-state index contributed by atoms with van der Waals surface area (Å²) in [6.45, 7) is 1.19. The van der Waals surface area contributed by atoms with E-state index in [-0.39, 0.29) is 11.9 Å². The van der Waals surface area contributed by atoms with E-state index in [0.29, 0.717) is 32.0 Å². The van der Waals surface area contributed by atoms with Crippen LogP contribution in [0.5, 0.6) is 0 Å². The standard InChI is InChI=1S/C17H27N3O2S/c1-20(12-14-9-11-23-13-14)16(21)8-5-10-18-17(22)19-15-6-3-2-4-7-15/h9,11,13,15H,2-8,10,12H2,1H3,(H2,18,19,22). The van der Waals surface area contributed by atoms with Gasteiger partial charge in [0.15, 0.2) is 0 Å². The van der Waals surface area contributed by atoms with Gasteiger partial charge in [0, 0.05) is 32.6 Å². The molecule has 0 atom stereocenters. The number of nitrogens with zero attached hydrogens (tertiary/aromatic N) is 1. The molecule has 0 radical (unpaired) electrons. The molecule has 1 aliphatic carbocycles. The maximum atomic E-state index is 12.0. The maximum Gasteiger partial charge on any atom is 0.315 e. The number of urea groups is 1. The molecule has 0 saturated heterocycles. The number of nitrogens with one attached hydrogen (secondary N) is 2. The minimum atomic E-state index is -0.101. The predicted octanol–water partition coefficient (Wildman–Crippen LogP) is 3.12. The highest BCUT2D eigenvalue weighted by atomic mass is 32.1. The second kappa shape index (κ2) is 9.55. The van der Waals surface area contributed by atoms with Crippen LogP contribution in [0.15, 0.2) is 16.8 Å². The van der Waals surface area contributed by atoms with Gasteiger partial charge in [0.1, 0.15) is 0 Å². The van der Waals surface area contributed by atoms with Gasteiger partial charge in [0.2, 0.25) is 5.91 Å². The summed E-state index contributed by atoms with van der Waals surface area (Å²) in [6, 6.07) is 2.25. The fourth-order valence-corrected chi connectivity index (χ4v) is 3.52. The third-order valence-electron chi connectivity index (χ3n) is 4.22. The Bertz CT molecular complexity index is 484. The van der Waals surface area contributed by atoms with Gasteiger partial charge in [-0.15, -0.1) is 0 Å². The number of amides is 3. The molecule has 1 aromatic heterocycles. The lowest BCUT2D eigenvalue weighted by molar-refractivity contribution is -0.130. The summed E-state index contributed by atoms with van der Waals surface area (Å²) in [6.07, 6.45) is 6.99. The minimum absolute atomic E-state index is 0.101. The molecule has 2 N–H and O–H groups in total. The molecule has 0 aliphatic heterocycles. The number of hydrogen-bond acceptors (Lipinski definition) is 3. The van der Waals surface area contributed by atoms with Gasteiger partial charge >= 0.3 is 6.03 Å². The van der Waals surface area contributed by atoms with Crippen LogP contribution in [0.2, 0.25) is 0 Å². The zero-order valence-corrected chi connectivity index (χ0v) is 14.7. The molecule has 1 aliphatic rings. The van der Waals surface area contributed by atoms with Crippen molar-refractivity contribution in [3.05, 3.63) is 22.4 Å². The van der Waals surface area contributed by atoms with Crippen LogP contribution in [0.1, 0.15) is 50.5 Å². The first-order valence-corrected chi connectivity index (χ1v) is 9.39. The lowest BCUT2D eigenvalue weighted by Crippen LogP contribution is -2.43. The summed E-state index contributed by atoms with van der Waals surface area (Å²) in [4.78, 5) is 25.6. The number of rotatable bonds is 7. The molecule has 6 heteroatoms. The quantitative estimate of drug-likeness (QED) is 0.751. The van der Waals surface area contributed by atoms with Crippen molar-refractivity contribution in [3.63, 3.8) is 0 Å². The second-order valence-electron chi connectivity index (χ2n) is 6.22. The molecule has 5 nitrogen and oxygen atoms in total. The SMILES string of the molecule is CN(Cc1ccsc1)C(=O)CCCNC(=O)NC1CCCCC1. The second-order valence-corrected chi connectivity index (χ2v) is 7.00. The summed E-state index contributed by atoms with van der Waals surface area (Å²) < 4.78 is 0. The topological polar surface area (TPSA) is 61.4 Å². The van der Waals surface area contributed by atoms with Crippen LogP contribution in [0.25, 0.3) is 0 Å². The lowest BCUT2D eigenvalue weighted by atomic mass is 9.96. The largest absolute Gasteiger partial charge is 0.341 e. The Balaban J connectivity index is 1.55. The average molecular weight is 337 g/mol.